The number of rotatable bonds is 4. The number of likely N-dealkylation sites (tertiary alicyclic amines) is 1. The molecule has 2 aromatic heterocycles. The number of nitrogens with zero attached hydrogens (tertiary/aromatic N) is 4. The van der Waals surface area contributed by atoms with Crippen molar-refractivity contribution in [1.29, 1.82) is 0 Å². The van der Waals surface area contributed by atoms with Crippen LogP contribution in [-0.2, 0) is 12.0 Å². The van der Waals surface area contributed by atoms with Crippen molar-refractivity contribution in [2.75, 3.05) is 18.0 Å². The van der Waals surface area contributed by atoms with Gasteiger partial charge in [0.05, 0.1) is 23.0 Å². The van der Waals surface area contributed by atoms with Crippen molar-refractivity contribution in [1.82, 2.24) is 14.9 Å². The summed E-state index contributed by atoms with van der Waals surface area (Å²) >= 11 is 6.23. The number of halogens is 1. The number of hydrogen-bond acceptors (Lipinski definition) is 4. The van der Waals surface area contributed by atoms with Crippen LogP contribution in [0.3, 0.4) is 0 Å². The maximum absolute atomic E-state index is 13.3. The third kappa shape index (κ3) is 3.62. The zero-order chi connectivity index (χ0) is 25.2. The summed E-state index contributed by atoms with van der Waals surface area (Å²) in [6.07, 6.45) is 10.2. The molecule has 1 spiro atoms. The molecule has 0 unspecified atom stereocenters. The van der Waals surface area contributed by atoms with Crippen molar-refractivity contribution < 1.29 is 9.59 Å². The highest BCUT2D eigenvalue weighted by Gasteiger charge is 2.53. The monoisotopic (exact) mass is 500 g/mol. The average molecular weight is 501 g/mol. The van der Waals surface area contributed by atoms with E-state index in [9.17, 15) is 9.59 Å². The van der Waals surface area contributed by atoms with Crippen molar-refractivity contribution in [3.8, 4) is 0 Å². The van der Waals surface area contributed by atoms with Gasteiger partial charge in [0.2, 0.25) is 0 Å². The molecule has 1 saturated carbocycles. The third-order valence-corrected chi connectivity index (χ3v) is 8.48. The lowest BCUT2D eigenvalue weighted by molar-refractivity contribution is -0.0760. The SMILES string of the molecule is Cc1ccncc1C(=O)N1CC2(CC(Cc3cncc(N4C(=O)c5ccc(Cl)cc5C4(C)C)c3)C2)C1. The molecule has 1 aliphatic carbocycles. The molecule has 2 amide bonds. The van der Waals surface area contributed by atoms with Gasteiger partial charge in [0.1, 0.15) is 0 Å². The molecule has 6 rings (SSSR count). The highest BCUT2D eigenvalue weighted by atomic mass is 35.5. The summed E-state index contributed by atoms with van der Waals surface area (Å²) in [7, 11) is 0. The second kappa shape index (κ2) is 8.13. The summed E-state index contributed by atoms with van der Waals surface area (Å²) in [5.74, 6) is 0.640. The van der Waals surface area contributed by atoms with Crippen LogP contribution in [0, 0.1) is 18.3 Å². The Morgan fingerprint density at radius 2 is 1.86 bits per heavy atom. The van der Waals surface area contributed by atoms with Crippen LogP contribution in [0.15, 0.2) is 55.1 Å². The molecule has 4 heterocycles. The summed E-state index contributed by atoms with van der Waals surface area (Å²) in [6, 6.07) is 9.46. The van der Waals surface area contributed by atoms with Gasteiger partial charge in [0, 0.05) is 47.7 Å². The summed E-state index contributed by atoms with van der Waals surface area (Å²) < 4.78 is 0. The molecular weight excluding hydrogens is 472 g/mol. The first-order valence-electron chi connectivity index (χ1n) is 12.5. The number of pyridine rings is 2. The van der Waals surface area contributed by atoms with E-state index in [4.69, 9.17) is 11.6 Å². The fourth-order valence-electron chi connectivity index (χ4n) is 6.52. The number of aryl methyl sites for hydroxylation is 1. The molecule has 1 saturated heterocycles. The first-order valence-corrected chi connectivity index (χ1v) is 12.8. The van der Waals surface area contributed by atoms with Gasteiger partial charge in [-0.15, -0.1) is 0 Å². The highest BCUT2D eigenvalue weighted by Crippen LogP contribution is 2.53. The predicted molar refractivity (Wildman–Crippen MR) is 139 cm³/mol. The molecule has 3 aliphatic rings. The Hall–Kier alpha value is -3.25. The lowest BCUT2D eigenvalue weighted by Gasteiger charge is -2.59. The molecule has 0 radical (unpaired) electrons. The van der Waals surface area contributed by atoms with Crippen molar-refractivity contribution in [2.45, 2.75) is 45.6 Å². The van der Waals surface area contributed by atoms with E-state index in [0.717, 1.165) is 54.7 Å². The van der Waals surface area contributed by atoms with Crippen molar-refractivity contribution in [3.05, 3.63) is 88.0 Å². The van der Waals surface area contributed by atoms with E-state index in [1.165, 1.54) is 0 Å². The summed E-state index contributed by atoms with van der Waals surface area (Å²) in [4.78, 5) is 38.5. The quantitative estimate of drug-likeness (QED) is 0.479. The smallest absolute Gasteiger partial charge is 0.259 e. The van der Waals surface area contributed by atoms with Crippen LogP contribution in [0.2, 0.25) is 5.02 Å². The molecular formula is C29H29ClN4O2. The molecule has 0 atom stereocenters. The first kappa shape index (κ1) is 23.2. The Kier molecular flexibility index (Phi) is 5.23. The molecule has 0 N–H and O–H groups in total. The fraction of sp³-hybridized carbons (Fsp3) is 0.379. The molecule has 1 aromatic carbocycles. The van der Waals surface area contributed by atoms with Gasteiger partial charge in [-0.2, -0.15) is 0 Å². The van der Waals surface area contributed by atoms with Crippen LogP contribution < -0.4 is 4.90 Å². The molecule has 3 aromatic rings. The van der Waals surface area contributed by atoms with Crippen LogP contribution in [0.4, 0.5) is 5.69 Å². The maximum Gasteiger partial charge on any atom is 0.259 e. The molecule has 0 bridgehead atoms. The highest BCUT2D eigenvalue weighted by molar-refractivity contribution is 6.31. The summed E-state index contributed by atoms with van der Waals surface area (Å²) in [6.45, 7) is 7.70. The normalized spacial score (nSPS) is 19.7. The van der Waals surface area contributed by atoms with Gasteiger partial charge < -0.3 is 4.90 Å². The van der Waals surface area contributed by atoms with Crippen molar-refractivity contribution in [2.24, 2.45) is 11.3 Å². The van der Waals surface area contributed by atoms with E-state index in [1.54, 1.807) is 24.7 Å². The van der Waals surface area contributed by atoms with Crippen molar-refractivity contribution in [3.63, 3.8) is 0 Å². The Morgan fingerprint density at radius 1 is 1.08 bits per heavy atom. The van der Waals surface area contributed by atoms with Gasteiger partial charge in [0.15, 0.2) is 0 Å². The van der Waals surface area contributed by atoms with Crippen LogP contribution in [-0.4, -0.2) is 39.8 Å². The second-order valence-electron chi connectivity index (χ2n) is 11.3. The van der Waals surface area contributed by atoms with E-state index in [-0.39, 0.29) is 17.2 Å². The Labute approximate surface area is 216 Å². The molecule has 2 aliphatic heterocycles. The largest absolute Gasteiger partial charge is 0.337 e. The maximum atomic E-state index is 13.3. The van der Waals surface area contributed by atoms with Gasteiger partial charge in [-0.05, 0) is 93.0 Å². The summed E-state index contributed by atoms with van der Waals surface area (Å²) in [5.41, 5.74) is 5.02. The zero-order valence-corrected chi connectivity index (χ0v) is 21.5. The summed E-state index contributed by atoms with van der Waals surface area (Å²) in [5, 5.41) is 0.633. The number of benzene rings is 1. The topological polar surface area (TPSA) is 66.4 Å². The van der Waals surface area contributed by atoms with Gasteiger partial charge in [-0.3, -0.25) is 24.5 Å². The third-order valence-electron chi connectivity index (χ3n) is 8.25. The van der Waals surface area contributed by atoms with E-state index in [0.29, 0.717) is 22.1 Å². The zero-order valence-electron chi connectivity index (χ0n) is 20.8. The molecule has 184 valence electrons. The number of amides is 2. The number of hydrogen-bond donors (Lipinski definition) is 0. The van der Waals surface area contributed by atoms with E-state index in [1.807, 2.05) is 55.0 Å². The fourth-order valence-corrected chi connectivity index (χ4v) is 6.69. The van der Waals surface area contributed by atoms with E-state index < -0.39 is 5.54 Å². The van der Waals surface area contributed by atoms with Crippen LogP contribution in [0.25, 0.3) is 0 Å². The molecule has 7 heteroatoms. The number of anilines is 1. The van der Waals surface area contributed by atoms with Gasteiger partial charge in [-0.25, -0.2) is 0 Å². The number of aromatic nitrogens is 2. The first-order chi connectivity index (χ1) is 17.2. The molecule has 2 fully saturated rings. The Balaban J connectivity index is 1.10. The minimum Gasteiger partial charge on any atom is -0.337 e. The van der Waals surface area contributed by atoms with E-state index >= 15 is 0 Å². The minimum absolute atomic E-state index is 0.0173. The van der Waals surface area contributed by atoms with Gasteiger partial charge in [-0.1, -0.05) is 11.6 Å². The minimum atomic E-state index is -0.507. The van der Waals surface area contributed by atoms with Crippen LogP contribution in [0.5, 0.6) is 0 Å². The van der Waals surface area contributed by atoms with Crippen molar-refractivity contribution >= 4 is 29.1 Å². The number of fused-ring (bicyclic) bond motifs is 1. The van der Waals surface area contributed by atoms with Crippen LogP contribution >= 0.6 is 11.6 Å². The van der Waals surface area contributed by atoms with Gasteiger partial charge >= 0.3 is 0 Å². The average Bonchev–Trinajstić information content (AvgIpc) is 2.99. The number of carbonyl (C=O) groups is 2. The molecule has 36 heavy (non-hydrogen) atoms. The van der Waals surface area contributed by atoms with E-state index in [2.05, 4.69) is 16.0 Å². The lowest BCUT2D eigenvalue weighted by Crippen LogP contribution is -2.64. The Bertz CT molecular complexity index is 1390. The number of carbonyl (C=O) groups excluding carboxylic acids is 2. The Morgan fingerprint density at radius 3 is 2.61 bits per heavy atom. The molecule has 6 nitrogen and oxygen atoms in total. The standard InChI is InChI=1S/C29H29ClN4O2/c1-18-6-7-31-15-24(18)26(35)33-16-29(17-33)11-20(12-29)8-19-9-22(14-32-13-19)34-27(36)23-5-4-21(30)10-25(23)28(34,2)3/h4-7,9-10,13-15,20H,8,11-12,16-17H2,1-3H3. The lowest BCUT2D eigenvalue weighted by atomic mass is 9.56. The van der Waals surface area contributed by atoms with Crippen LogP contribution in [0.1, 0.15) is 64.1 Å². The predicted octanol–water partition coefficient (Wildman–Crippen LogP) is 5.43. The van der Waals surface area contributed by atoms with Gasteiger partial charge in [0.25, 0.3) is 11.8 Å². The second-order valence-corrected chi connectivity index (χ2v) is 11.7.